The Labute approximate surface area is 134 Å². The van der Waals surface area contributed by atoms with E-state index < -0.39 is 0 Å². The van der Waals surface area contributed by atoms with Crippen LogP contribution in [-0.2, 0) is 0 Å². The Balaban J connectivity index is 1.59. The molecule has 2 atom stereocenters. The molecule has 2 aromatic carbocycles. The molecule has 4 rings (SSSR count). The quantitative estimate of drug-likeness (QED) is 0.588. The van der Waals surface area contributed by atoms with Crippen LogP contribution in [-0.4, -0.2) is 11.0 Å². The lowest BCUT2D eigenvalue weighted by atomic mass is 9.92. The molecule has 1 saturated heterocycles. The highest BCUT2D eigenvalue weighted by Crippen LogP contribution is 2.57. The summed E-state index contributed by atoms with van der Waals surface area (Å²) in [6.45, 7) is 0. The number of allylic oxidation sites excluding steroid dienone is 4. The van der Waals surface area contributed by atoms with Gasteiger partial charge in [0.2, 0.25) is 0 Å². The zero-order valence-corrected chi connectivity index (χ0v) is 12.9. The number of carbonyl (C=O) groups excluding carboxylic acids is 1. The van der Waals surface area contributed by atoms with E-state index in [4.69, 9.17) is 0 Å². The van der Waals surface area contributed by atoms with Crippen molar-refractivity contribution in [2.45, 2.75) is 16.4 Å². The van der Waals surface area contributed by atoms with Gasteiger partial charge < -0.3 is 0 Å². The predicted molar refractivity (Wildman–Crippen MR) is 92.4 cm³/mol. The number of hydrogen-bond donors (Lipinski definition) is 0. The van der Waals surface area contributed by atoms with Crippen LogP contribution >= 0.6 is 11.8 Å². The summed E-state index contributed by atoms with van der Waals surface area (Å²) >= 11 is 1.77. The topological polar surface area (TPSA) is 17.1 Å². The maximum Gasteiger partial charge on any atom is 0.177 e. The standard InChI is InChI=1S/C20H16OS/c21-18(15-10-2-1-3-11-15)20-19(22-20)17-13-7-6-12-16(17)14-8-4-5-9-14/h1-14,19-20H. The van der Waals surface area contributed by atoms with Crippen LogP contribution in [0.4, 0.5) is 0 Å². The molecular weight excluding hydrogens is 288 g/mol. The van der Waals surface area contributed by atoms with E-state index >= 15 is 0 Å². The van der Waals surface area contributed by atoms with Gasteiger partial charge in [-0.05, 0) is 11.1 Å². The van der Waals surface area contributed by atoms with Gasteiger partial charge in [0.25, 0.3) is 0 Å². The van der Waals surface area contributed by atoms with Gasteiger partial charge in [-0.1, -0.05) is 78.9 Å². The van der Waals surface area contributed by atoms with Crippen LogP contribution in [0.5, 0.6) is 0 Å². The van der Waals surface area contributed by atoms with E-state index in [1.807, 2.05) is 30.3 Å². The van der Waals surface area contributed by atoms with Gasteiger partial charge in [-0.15, -0.1) is 11.8 Å². The third kappa shape index (κ3) is 2.44. The number of ketones is 1. The van der Waals surface area contributed by atoms with Gasteiger partial charge in [0.1, 0.15) is 0 Å². The van der Waals surface area contributed by atoms with Crippen LogP contribution in [0.2, 0.25) is 0 Å². The summed E-state index contributed by atoms with van der Waals surface area (Å²) in [6, 6.07) is 18.1. The van der Waals surface area contributed by atoms with E-state index in [-0.39, 0.29) is 11.0 Å². The highest BCUT2D eigenvalue weighted by atomic mass is 32.2. The third-order valence-electron chi connectivity index (χ3n) is 4.22. The van der Waals surface area contributed by atoms with E-state index in [9.17, 15) is 4.79 Å². The molecule has 22 heavy (non-hydrogen) atoms. The van der Waals surface area contributed by atoms with Crippen LogP contribution in [0.25, 0.3) is 0 Å². The van der Waals surface area contributed by atoms with Crippen LogP contribution in [0.1, 0.15) is 32.7 Å². The number of benzene rings is 2. The fraction of sp³-hybridized carbons (Fsp3) is 0.150. The number of Topliss-reactive ketones (excluding diaryl/α,β-unsaturated/α-hetero) is 1. The van der Waals surface area contributed by atoms with Gasteiger partial charge in [-0.3, -0.25) is 4.79 Å². The molecule has 2 aromatic rings. The molecule has 0 bridgehead atoms. The van der Waals surface area contributed by atoms with Crippen molar-refractivity contribution in [1.29, 1.82) is 0 Å². The Morgan fingerprint density at radius 3 is 2.18 bits per heavy atom. The van der Waals surface area contributed by atoms with Crippen molar-refractivity contribution in [2.75, 3.05) is 0 Å². The molecule has 1 nitrogen and oxygen atoms in total. The summed E-state index contributed by atoms with van der Waals surface area (Å²) in [4.78, 5) is 12.6. The first-order valence-electron chi connectivity index (χ1n) is 7.53. The first-order chi connectivity index (χ1) is 10.8. The van der Waals surface area contributed by atoms with E-state index in [1.165, 1.54) is 11.1 Å². The lowest BCUT2D eigenvalue weighted by molar-refractivity contribution is 0.0997. The molecule has 1 heterocycles. The number of hydrogen-bond acceptors (Lipinski definition) is 2. The molecule has 0 radical (unpaired) electrons. The summed E-state index contributed by atoms with van der Waals surface area (Å²) in [5.74, 6) is 0.604. The molecule has 2 heteroatoms. The summed E-state index contributed by atoms with van der Waals surface area (Å²) in [6.07, 6.45) is 8.60. The minimum absolute atomic E-state index is 0.0675. The van der Waals surface area contributed by atoms with Gasteiger partial charge in [-0.25, -0.2) is 0 Å². The van der Waals surface area contributed by atoms with Crippen molar-refractivity contribution in [3.63, 3.8) is 0 Å². The van der Waals surface area contributed by atoms with E-state index in [0.29, 0.717) is 11.2 Å². The molecule has 0 N–H and O–H groups in total. The average molecular weight is 304 g/mol. The molecule has 1 aliphatic heterocycles. The van der Waals surface area contributed by atoms with Crippen molar-refractivity contribution in [3.05, 3.63) is 95.6 Å². The van der Waals surface area contributed by atoms with Crippen molar-refractivity contribution in [1.82, 2.24) is 0 Å². The molecule has 1 aliphatic carbocycles. The van der Waals surface area contributed by atoms with Crippen molar-refractivity contribution in [3.8, 4) is 0 Å². The monoisotopic (exact) mass is 304 g/mol. The summed E-state index contributed by atoms with van der Waals surface area (Å²) in [5.41, 5.74) is 3.46. The smallest absolute Gasteiger partial charge is 0.177 e. The highest BCUT2D eigenvalue weighted by Gasteiger charge is 2.46. The minimum Gasteiger partial charge on any atom is -0.293 e. The highest BCUT2D eigenvalue weighted by molar-refractivity contribution is 8.08. The Morgan fingerprint density at radius 1 is 0.818 bits per heavy atom. The van der Waals surface area contributed by atoms with Crippen LogP contribution < -0.4 is 0 Å². The molecule has 0 saturated carbocycles. The van der Waals surface area contributed by atoms with Gasteiger partial charge in [-0.2, -0.15) is 0 Å². The van der Waals surface area contributed by atoms with E-state index in [1.54, 1.807) is 11.8 Å². The third-order valence-corrected chi connectivity index (χ3v) is 5.50. The van der Waals surface area contributed by atoms with Gasteiger partial charge in [0.05, 0.1) is 10.5 Å². The Kier molecular flexibility index (Phi) is 3.47. The fourth-order valence-electron chi connectivity index (χ4n) is 3.03. The van der Waals surface area contributed by atoms with Gasteiger partial charge >= 0.3 is 0 Å². The number of carbonyl (C=O) groups is 1. The van der Waals surface area contributed by atoms with E-state index in [2.05, 4.69) is 48.6 Å². The second-order valence-corrected chi connectivity index (χ2v) is 6.92. The van der Waals surface area contributed by atoms with Gasteiger partial charge in [0.15, 0.2) is 5.78 Å². The largest absolute Gasteiger partial charge is 0.293 e. The average Bonchev–Trinajstić information content (AvgIpc) is 3.19. The first kappa shape index (κ1) is 13.6. The zero-order valence-electron chi connectivity index (χ0n) is 12.1. The molecule has 0 amide bonds. The van der Waals surface area contributed by atoms with Crippen molar-refractivity contribution in [2.24, 2.45) is 0 Å². The second kappa shape index (κ2) is 5.62. The lowest BCUT2D eigenvalue weighted by Gasteiger charge is -2.12. The van der Waals surface area contributed by atoms with Crippen molar-refractivity contribution >= 4 is 17.5 Å². The number of thioether (sulfide) groups is 1. The zero-order chi connectivity index (χ0) is 14.9. The number of rotatable bonds is 4. The first-order valence-corrected chi connectivity index (χ1v) is 8.47. The molecule has 2 aliphatic rings. The fourth-order valence-corrected chi connectivity index (χ4v) is 4.14. The summed E-state index contributed by atoms with van der Waals surface area (Å²) < 4.78 is 0. The SMILES string of the molecule is O=C(c1ccccc1)C1SC1c1ccccc1C1C=CC=C1. The molecule has 108 valence electrons. The Hall–Kier alpha value is -2.06. The molecule has 1 fully saturated rings. The van der Waals surface area contributed by atoms with Gasteiger partial charge in [0, 0.05) is 11.5 Å². The molecular formula is C20H16OS. The second-order valence-electron chi connectivity index (χ2n) is 5.63. The van der Waals surface area contributed by atoms with E-state index in [0.717, 1.165) is 5.56 Å². The Bertz CT molecular complexity index is 748. The molecule has 2 unspecified atom stereocenters. The normalized spacial score (nSPS) is 22.9. The van der Waals surface area contributed by atoms with Crippen LogP contribution in [0, 0.1) is 0 Å². The molecule has 0 aromatic heterocycles. The maximum absolute atomic E-state index is 12.6. The summed E-state index contributed by atoms with van der Waals surface area (Å²) in [7, 11) is 0. The predicted octanol–water partition coefficient (Wildman–Crippen LogP) is 4.94. The minimum atomic E-state index is 0.0675. The maximum atomic E-state index is 12.6. The lowest BCUT2D eigenvalue weighted by Crippen LogP contribution is -2.08. The van der Waals surface area contributed by atoms with Crippen LogP contribution in [0.3, 0.4) is 0 Å². The Morgan fingerprint density at radius 2 is 1.45 bits per heavy atom. The van der Waals surface area contributed by atoms with Crippen molar-refractivity contribution < 1.29 is 4.79 Å². The molecule has 0 spiro atoms. The summed E-state index contributed by atoms with van der Waals surface area (Å²) in [5, 5.41) is 0.365. The van der Waals surface area contributed by atoms with Crippen LogP contribution in [0.15, 0.2) is 78.9 Å².